The first-order valence-corrected chi connectivity index (χ1v) is 6.95. The highest BCUT2D eigenvalue weighted by Gasteiger charge is 2.14. The number of ether oxygens (including phenoxy) is 1. The van der Waals surface area contributed by atoms with E-state index in [-0.39, 0.29) is 18.2 Å². The Bertz CT molecular complexity index is 418. The van der Waals surface area contributed by atoms with Gasteiger partial charge in [-0.15, -0.1) is 0 Å². The molecule has 0 saturated carbocycles. The molecule has 0 fully saturated rings. The average Bonchev–Trinajstić information content (AvgIpc) is 2.28. The normalized spacial score (nSPS) is 9.88. The maximum atomic E-state index is 10.7. The summed E-state index contributed by atoms with van der Waals surface area (Å²) < 4.78 is 4.73. The van der Waals surface area contributed by atoms with Crippen LogP contribution in [0.25, 0.3) is 0 Å². The van der Waals surface area contributed by atoms with Crippen LogP contribution in [-0.4, -0.2) is 36.0 Å². The Kier molecular flexibility index (Phi) is 5.85. The van der Waals surface area contributed by atoms with Crippen molar-refractivity contribution in [2.75, 3.05) is 12.4 Å². The Hall–Kier alpha value is -1.22. The molecule has 1 aromatic heterocycles. The Morgan fingerprint density at radius 3 is 3.06 bits per heavy atom. The van der Waals surface area contributed by atoms with E-state index in [0.717, 1.165) is 0 Å². The summed E-state index contributed by atoms with van der Waals surface area (Å²) >= 11 is 0. The van der Waals surface area contributed by atoms with Crippen LogP contribution in [0.5, 0.6) is 0 Å². The van der Waals surface area contributed by atoms with E-state index in [4.69, 9.17) is 4.74 Å². The van der Waals surface area contributed by atoms with Crippen LogP contribution in [0.15, 0.2) is 23.4 Å². The average molecular weight is 272 g/mol. The topological polar surface area (TPSA) is 82.3 Å². The third-order valence-electron chi connectivity index (χ3n) is 1.56. The smallest absolute Gasteiger partial charge is 0.302 e. The predicted molar refractivity (Wildman–Crippen MR) is 69.1 cm³/mol. The van der Waals surface area contributed by atoms with Gasteiger partial charge in [-0.1, -0.05) is 10.8 Å². The largest absolute Gasteiger partial charge is 0.473 e. The van der Waals surface area contributed by atoms with Gasteiger partial charge in [-0.3, -0.25) is 14.9 Å². The van der Waals surface area contributed by atoms with Crippen molar-refractivity contribution in [2.24, 2.45) is 0 Å². The standard InChI is InChI=1S/C8H9BN2O4S2/c9-8(12)15-4-5-16-17-7-6(11(13)14)2-1-3-10-7/h1-3H,4-5,9H2. The Balaban J connectivity index is 2.41. The van der Waals surface area contributed by atoms with E-state index in [0.29, 0.717) is 10.8 Å². The van der Waals surface area contributed by atoms with Gasteiger partial charge < -0.3 is 4.74 Å². The summed E-state index contributed by atoms with van der Waals surface area (Å²) in [5.41, 5.74) is -0.0162. The third-order valence-corrected chi connectivity index (χ3v) is 3.81. The second kappa shape index (κ2) is 7.18. The first-order valence-electron chi connectivity index (χ1n) is 4.63. The minimum atomic E-state index is -0.470. The molecule has 0 N–H and O–H groups in total. The fraction of sp³-hybridized carbons (Fsp3) is 0.250. The summed E-state index contributed by atoms with van der Waals surface area (Å²) in [6.07, 6.45) is 1.50. The fourth-order valence-electron chi connectivity index (χ4n) is 0.902. The SMILES string of the molecule is BC(=O)OCCSSc1ncccc1[N+](=O)[O-]. The summed E-state index contributed by atoms with van der Waals surface area (Å²) in [6, 6.07) is 2.92. The van der Waals surface area contributed by atoms with E-state index >= 15 is 0 Å². The molecule has 0 atom stereocenters. The molecule has 17 heavy (non-hydrogen) atoms. The zero-order valence-electron chi connectivity index (χ0n) is 8.99. The molecule has 0 aliphatic carbocycles. The molecule has 1 aromatic rings. The van der Waals surface area contributed by atoms with Crippen molar-refractivity contribution >= 4 is 41.0 Å². The van der Waals surface area contributed by atoms with Crippen LogP contribution in [0, 0.1) is 10.1 Å². The summed E-state index contributed by atoms with van der Waals surface area (Å²) in [6.45, 7) is 0.285. The van der Waals surface area contributed by atoms with Crippen molar-refractivity contribution in [1.29, 1.82) is 0 Å². The number of rotatable bonds is 6. The molecular formula is C8H9BN2O4S2. The van der Waals surface area contributed by atoms with Crippen LogP contribution in [0.2, 0.25) is 0 Å². The van der Waals surface area contributed by atoms with Crippen molar-refractivity contribution in [3.8, 4) is 0 Å². The number of hydrogen-bond donors (Lipinski definition) is 0. The molecule has 1 heterocycles. The number of pyridine rings is 1. The van der Waals surface area contributed by atoms with Gasteiger partial charge in [-0.2, -0.15) is 0 Å². The summed E-state index contributed by atoms with van der Waals surface area (Å²) in [4.78, 5) is 24.6. The van der Waals surface area contributed by atoms with E-state index in [1.54, 1.807) is 0 Å². The van der Waals surface area contributed by atoms with Gasteiger partial charge in [0.15, 0.2) is 5.03 Å². The molecule has 0 spiro atoms. The van der Waals surface area contributed by atoms with E-state index in [2.05, 4.69) is 4.98 Å². The molecule has 0 amide bonds. The number of nitrogens with zero attached hydrogens (tertiary/aromatic N) is 2. The molecule has 0 radical (unpaired) electrons. The number of carbonyl (C=O) groups is 1. The second-order valence-corrected chi connectivity index (χ2v) is 5.23. The number of carbonyl (C=O) groups excluding carboxylic acids is 1. The van der Waals surface area contributed by atoms with Gasteiger partial charge in [0, 0.05) is 18.0 Å². The molecule has 1 rings (SSSR count). The molecule has 0 aliphatic heterocycles. The first kappa shape index (κ1) is 13.8. The summed E-state index contributed by atoms with van der Waals surface area (Å²) in [7, 11) is 3.89. The van der Waals surface area contributed by atoms with Gasteiger partial charge in [0.2, 0.25) is 13.7 Å². The first-order chi connectivity index (χ1) is 8.11. The molecule has 0 bridgehead atoms. The van der Waals surface area contributed by atoms with Crippen LogP contribution >= 0.6 is 21.6 Å². The summed E-state index contributed by atoms with van der Waals surface area (Å²) in [5.74, 6) is 0.220. The maximum absolute atomic E-state index is 10.7. The lowest BCUT2D eigenvalue weighted by molar-refractivity contribution is -0.388. The minimum absolute atomic E-state index is 0.0162. The van der Waals surface area contributed by atoms with Crippen LogP contribution in [0.3, 0.4) is 0 Å². The molecule has 0 aromatic carbocycles. The van der Waals surface area contributed by atoms with Gasteiger partial charge in [-0.05, 0) is 16.9 Å². The van der Waals surface area contributed by atoms with Crippen LogP contribution in [0.4, 0.5) is 10.5 Å². The van der Waals surface area contributed by atoms with Gasteiger partial charge in [-0.25, -0.2) is 4.98 Å². The zero-order chi connectivity index (χ0) is 12.7. The molecule has 0 unspecified atom stereocenters. The zero-order valence-corrected chi connectivity index (χ0v) is 10.6. The molecule has 90 valence electrons. The monoisotopic (exact) mass is 272 g/mol. The molecule has 9 heteroatoms. The quantitative estimate of drug-likeness (QED) is 0.255. The van der Waals surface area contributed by atoms with E-state index in [9.17, 15) is 14.9 Å². The van der Waals surface area contributed by atoms with Crippen molar-refractivity contribution < 1.29 is 14.5 Å². The maximum Gasteiger partial charge on any atom is 0.302 e. The second-order valence-electron chi connectivity index (χ2n) is 2.83. The minimum Gasteiger partial charge on any atom is -0.473 e. The Morgan fingerprint density at radius 1 is 1.65 bits per heavy atom. The van der Waals surface area contributed by atoms with Crippen molar-refractivity contribution in [3.63, 3.8) is 0 Å². The lowest BCUT2D eigenvalue weighted by atomic mass is 10.2. The van der Waals surface area contributed by atoms with E-state index in [1.807, 2.05) is 0 Å². The lowest BCUT2D eigenvalue weighted by Gasteiger charge is -2.02. The fourth-order valence-corrected chi connectivity index (χ4v) is 2.75. The van der Waals surface area contributed by atoms with Crippen LogP contribution in [-0.2, 0) is 4.74 Å². The van der Waals surface area contributed by atoms with Gasteiger partial charge in [0.05, 0.1) is 4.92 Å². The molecule has 0 aliphatic rings. The van der Waals surface area contributed by atoms with Crippen molar-refractivity contribution in [1.82, 2.24) is 4.98 Å². The molecule has 0 saturated heterocycles. The number of hydrogen-bond acceptors (Lipinski definition) is 7. The number of nitro groups is 1. The van der Waals surface area contributed by atoms with Crippen molar-refractivity contribution in [3.05, 3.63) is 28.4 Å². The lowest BCUT2D eigenvalue weighted by Crippen LogP contribution is -2.03. The molecule has 6 nitrogen and oxygen atoms in total. The predicted octanol–water partition coefficient (Wildman–Crippen LogP) is 1.50. The van der Waals surface area contributed by atoms with E-state index < -0.39 is 4.92 Å². The van der Waals surface area contributed by atoms with Crippen LogP contribution in [0.1, 0.15) is 0 Å². The van der Waals surface area contributed by atoms with E-state index in [1.165, 1.54) is 47.8 Å². The Labute approximate surface area is 106 Å². The van der Waals surface area contributed by atoms with Crippen LogP contribution < -0.4 is 0 Å². The third kappa shape index (κ3) is 5.09. The van der Waals surface area contributed by atoms with Gasteiger partial charge in [0.1, 0.15) is 6.61 Å². The van der Waals surface area contributed by atoms with Gasteiger partial charge in [0.25, 0.3) is 0 Å². The number of aromatic nitrogens is 1. The highest BCUT2D eigenvalue weighted by atomic mass is 33.1. The summed E-state index contributed by atoms with van der Waals surface area (Å²) in [5, 5.41) is 11.0. The van der Waals surface area contributed by atoms with Gasteiger partial charge >= 0.3 is 5.69 Å². The highest BCUT2D eigenvalue weighted by molar-refractivity contribution is 8.76. The Morgan fingerprint density at radius 2 is 2.41 bits per heavy atom. The molecular weight excluding hydrogens is 263 g/mol. The highest BCUT2D eigenvalue weighted by Crippen LogP contribution is 2.34. The van der Waals surface area contributed by atoms with Crippen molar-refractivity contribution in [2.45, 2.75) is 5.03 Å².